The lowest BCUT2D eigenvalue weighted by molar-refractivity contribution is -0.133. The van der Waals surface area contributed by atoms with Crippen molar-refractivity contribution in [3.63, 3.8) is 0 Å². The molecule has 2 amide bonds. The molecule has 2 aromatic carbocycles. The molecule has 0 aliphatic heterocycles. The van der Waals surface area contributed by atoms with Gasteiger partial charge < -0.3 is 10.6 Å². The third kappa shape index (κ3) is 6.99. The summed E-state index contributed by atoms with van der Waals surface area (Å²) in [5.74, 6) is -0.814. The van der Waals surface area contributed by atoms with Crippen LogP contribution in [0.2, 0.25) is 0 Å². The Bertz CT molecular complexity index is 1580. The summed E-state index contributed by atoms with van der Waals surface area (Å²) in [6.07, 6.45) is 3.39. The fourth-order valence-electron chi connectivity index (χ4n) is 5.06. The Labute approximate surface area is 242 Å². The fourth-order valence-corrected chi connectivity index (χ4v) is 7.42. The highest BCUT2D eigenvalue weighted by Gasteiger charge is 2.37. The van der Waals surface area contributed by atoms with Crippen molar-refractivity contribution in [2.45, 2.75) is 32.4 Å². The number of sulfonamides is 1. The molecule has 1 aliphatic rings. The van der Waals surface area contributed by atoms with E-state index in [0.717, 1.165) is 34.2 Å². The number of carbonyl (C=O) groups excluding carboxylic acids is 2. The molecule has 2 heterocycles. The molecule has 1 fully saturated rings. The lowest BCUT2D eigenvalue weighted by Crippen LogP contribution is -2.39. The van der Waals surface area contributed by atoms with Gasteiger partial charge in [0.25, 0.3) is 0 Å². The van der Waals surface area contributed by atoms with Gasteiger partial charge in [0.05, 0.1) is 18.5 Å². The summed E-state index contributed by atoms with van der Waals surface area (Å²) in [7, 11) is -3.40. The fraction of sp³-hybridized carbons (Fsp3) is 0.267. The van der Waals surface area contributed by atoms with E-state index >= 15 is 0 Å². The normalized spacial score (nSPS) is 16.9. The molecule has 40 heavy (non-hydrogen) atoms. The highest BCUT2D eigenvalue weighted by molar-refractivity contribution is 7.92. The van der Waals surface area contributed by atoms with Crippen LogP contribution >= 0.6 is 22.7 Å². The highest BCUT2D eigenvalue weighted by atomic mass is 32.2. The first kappa shape index (κ1) is 28.1. The van der Waals surface area contributed by atoms with Crippen molar-refractivity contribution in [2.75, 3.05) is 11.0 Å². The molecule has 10 heteroatoms. The Morgan fingerprint density at radius 2 is 1.52 bits per heavy atom. The van der Waals surface area contributed by atoms with E-state index in [-0.39, 0.29) is 23.7 Å². The molecular weight excluding hydrogens is 563 g/mol. The zero-order valence-electron chi connectivity index (χ0n) is 22.1. The largest absolute Gasteiger partial charge is 0.352 e. The molecular formula is C30H31N3O4S3. The molecule has 0 spiro atoms. The summed E-state index contributed by atoms with van der Waals surface area (Å²) >= 11 is 3.37. The van der Waals surface area contributed by atoms with E-state index in [4.69, 9.17) is 0 Å². The van der Waals surface area contributed by atoms with E-state index in [1.54, 1.807) is 34.8 Å². The van der Waals surface area contributed by atoms with Gasteiger partial charge in [0.1, 0.15) is 0 Å². The molecule has 0 bridgehead atoms. The maximum Gasteiger partial charge on any atom is 0.229 e. The second-order valence-corrected chi connectivity index (χ2v) is 13.8. The smallest absolute Gasteiger partial charge is 0.229 e. The van der Waals surface area contributed by atoms with E-state index in [0.29, 0.717) is 31.6 Å². The maximum atomic E-state index is 13.1. The standard InChI is InChI=1S/C30H31N3O4S3/c1-40(36,37)33-26-9-3-2-6-23(26)21-13-11-20(12-14-21)18-31-29(34)24-7-4-8-25(24)30(35)32-19-22-15-16-28(39-22)27-10-5-17-38-27/h2-3,5-6,9-17,24-25,33H,4,7-8,18-19H2,1H3,(H,31,34)(H,32,35)/t24-,25-/m1/s1. The zero-order chi connectivity index (χ0) is 28.1. The lowest BCUT2D eigenvalue weighted by atomic mass is 9.94. The molecule has 0 radical (unpaired) electrons. The first-order valence-electron chi connectivity index (χ1n) is 13.1. The summed E-state index contributed by atoms with van der Waals surface area (Å²) in [6.45, 7) is 0.822. The molecule has 7 nitrogen and oxygen atoms in total. The SMILES string of the molecule is CS(=O)(=O)Nc1ccccc1-c1ccc(CNC(=O)[C@@H]2CCC[C@H]2C(=O)NCc2ccc(-c3cccs3)s2)cc1. The quantitative estimate of drug-likeness (QED) is 0.214. The van der Waals surface area contributed by atoms with Crippen LogP contribution in [0.4, 0.5) is 5.69 Å². The van der Waals surface area contributed by atoms with Gasteiger partial charge in [-0.3, -0.25) is 14.3 Å². The van der Waals surface area contributed by atoms with Crippen molar-refractivity contribution in [1.29, 1.82) is 0 Å². The van der Waals surface area contributed by atoms with Gasteiger partial charge >= 0.3 is 0 Å². The van der Waals surface area contributed by atoms with E-state index in [9.17, 15) is 18.0 Å². The second-order valence-electron chi connectivity index (χ2n) is 9.94. The van der Waals surface area contributed by atoms with Gasteiger partial charge in [0.15, 0.2) is 0 Å². The summed E-state index contributed by atoms with van der Waals surface area (Å²) in [5, 5.41) is 8.12. The van der Waals surface area contributed by atoms with Crippen LogP contribution < -0.4 is 15.4 Å². The molecule has 208 valence electrons. The van der Waals surface area contributed by atoms with E-state index < -0.39 is 10.0 Å². The van der Waals surface area contributed by atoms with Crippen molar-refractivity contribution in [2.24, 2.45) is 11.8 Å². The van der Waals surface area contributed by atoms with Gasteiger partial charge in [0.2, 0.25) is 21.8 Å². The van der Waals surface area contributed by atoms with Gasteiger partial charge in [-0.1, -0.05) is 55.0 Å². The predicted octanol–water partition coefficient (Wildman–Crippen LogP) is 5.86. The zero-order valence-corrected chi connectivity index (χ0v) is 24.5. The molecule has 1 aliphatic carbocycles. The Hall–Kier alpha value is -3.47. The maximum absolute atomic E-state index is 13.1. The monoisotopic (exact) mass is 593 g/mol. The van der Waals surface area contributed by atoms with Crippen LogP contribution in [0.1, 0.15) is 29.7 Å². The van der Waals surface area contributed by atoms with Gasteiger partial charge in [-0.25, -0.2) is 8.42 Å². The molecule has 0 saturated heterocycles. The van der Waals surface area contributed by atoms with E-state index in [1.807, 2.05) is 48.5 Å². The minimum atomic E-state index is -3.40. The number of nitrogens with one attached hydrogen (secondary N) is 3. The lowest BCUT2D eigenvalue weighted by Gasteiger charge is -2.19. The number of carbonyl (C=O) groups is 2. The van der Waals surface area contributed by atoms with Crippen LogP contribution in [-0.2, 0) is 32.7 Å². The number of benzene rings is 2. The van der Waals surface area contributed by atoms with Gasteiger partial charge in [-0.05, 0) is 53.6 Å². The van der Waals surface area contributed by atoms with Crippen molar-refractivity contribution < 1.29 is 18.0 Å². The van der Waals surface area contributed by atoms with Gasteiger partial charge in [-0.15, -0.1) is 22.7 Å². The Kier molecular flexibility index (Phi) is 8.68. The third-order valence-corrected chi connectivity index (χ3v) is 9.75. The van der Waals surface area contributed by atoms with Gasteiger partial charge in [0, 0.05) is 38.6 Å². The highest BCUT2D eigenvalue weighted by Crippen LogP contribution is 2.34. The molecule has 5 rings (SSSR count). The van der Waals surface area contributed by atoms with Crippen LogP contribution in [0.25, 0.3) is 20.9 Å². The summed E-state index contributed by atoms with van der Waals surface area (Å²) in [6, 6.07) is 23.1. The van der Waals surface area contributed by atoms with E-state index in [1.165, 1.54) is 9.75 Å². The number of anilines is 1. The predicted molar refractivity (Wildman–Crippen MR) is 163 cm³/mol. The summed E-state index contributed by atoms with van der Waals surface area (Å²) < 4.78 is 26.0. The molecule has 3 N–H and O–H groups in total. The molecule has 2 aromatic heterocycles. The van der Waals surface area contributed by atoms with Crippen molar-refractivity contribution in [3.8, 4) is 20.9 Å². The minimum Gasteiger partial charge on any atom is -0.352 e. The first-order chi connectivity index (χ1) is 19.3. The summed E-state index contributed by atoms with van der Waals surface area (Å²) in [4.78, 5) is 29.6. The number of hydrogen-bond donors (Lipinski definition) is 3. The number of rotatable bonds is 10. The van der Waals surface area contributed by atoms with Crippen LogP contribution in [0.3, 0.4) is 0 Å². The second kappa shape index (κ2) is 12.4. The molecule has 0 unspecified atom stereocenters. The molecule has 4 aromatic rings. The Morgan fingerprint density at radius 3 is 2.20 bits per heavy atom. The van der Waals surface area contributed by atoms with Crippen LogP contribution in [0.5, 0.6) is 0 Å². The van der Waals surface area contributed by atoms with Crippen LogP contribution in [0.15, 0.2) is 78.2 Å². The van der Waals surface area contributed by atoms with Crippen molar-refractivity contribution in [1.82, 2.24) is 10.6 Å². The van der Waals surface area contributed by atoms with Crippen molar-refractivity contribution in [3.05, 3.63) is 88.6 Å². The van der Waals surface area contributed by atoms with E-state index in [2.05, 4.69) is 32.9 Å². The van der Waals surface area contributed by atoms with Crippen molar-refractivity contribution >= 4 is 50.2 Å². The van der Waals surface area contributed by atoms with Crippen LogP contribution in [-0.4, -0.2) is 26.5 Å². The number of hydrogen-bond acceptors (Lipinski definition) is 6. The topological polar surface area (TPSA) is 104 Å². The number of para-hydroxylation sites is 1. The van der Waals surface area contributed by atoms with Gasteiger partial charge in [-0.2, -0.15) is 0 Å². The average Bonchev–Trinajstić information content (AvgIpc) is 3.72. The Morgan fingerprint density at radius 1 is 0.825 bits per heavy atom. The summed E-state index contributed by atoms with van der Waals surface area (Å²) in [5.41, 5.74) is 3.07. The average molecular weight is 594 g/mol. The van der Waals surface area contributed by atoms with Crippen LogP contribution in [0, 0.1) is 11.8 Å². The number of thiophene rings is 2. The molecule has 1 saturated carbocycles. The Balaban J connectivity index is 1.15. The molecule has 2 atom stereocenters. The third-order valence-electron chi connectivity index (χ3n) is 7.01. The first-order valence-corrected chi connectivity index (χ1v) is 16.7. The number of amides is 2. The minimum absolute atomic E-state index is 0.0607.